The van der Waals surface area contributed by atoms with Crippen LogP contribution >= 0.6 is 15.9 Å². The summed E-state index contributed by atoms with van der Waals surface area (Å²) in [4.78, 5) is 13.7. The number of carbonyl (C=O) groups is 1. The first-order chi connectivity index (χ1) is 5.66. The van der Waals surface area contributed by atoms with Crippen molar-refractivity contribution in [3.63, 3.8) is 0 Å². The van der Waals surface area contributed by atoms with Gasteiger partial charge in [-0.1, -0.05) is 6.07 Å². The number of benzene rings is 1. The Morgan fingerprint density at radius 1 is 1.54 bits per heavy atom. The second kappa shape index (κ2) is 5.28. The van der Waals surface area contributed by atoms with E-state index >= 15 is 0 Å². The van der Waals surface area contributed by atoms with E-state index in [0.29, 0.717) is 0 Å². The molecule has 0 fully saturated rings. The zero-order valence-electron chi connectivity index (χ0n) is 6.71. The smallest absolute Gasteiger partial charge is 0.545 e. The zero-order chi connectivity index (χ0) is 9.14. The molecular formula is C7H3BrFLiO3. The van der Waals surface area contributed by atoms with Crippen LogP contribution < -0.4 is 28.9 Å². The molecule has 13 heavy (non-hydrogen) atoms. The van der Waals surface area contributed by atoms with Gasteiger partial charge in [0.25, 0.3) is 0 Å². The molecule has 0 bridgehead atoms. The van der Waals surface area contributed by atoms with Gasteiger partial charge in [0.05, 0.1) is 10.4 Å². The van der Waals surface area contributed by atoms with E-state index in [9.17, 15) is 14.4 Å². The molecule has 0 amide bonds. The minimum absolute atomic E-state index is 0. The molecule has 0 saturated carbocycles. The van der Waals surface area contributed by atoms with Crippen LogP contribution in [0.2, 0.25) is 0 Å². The van der Waals surface area contributed by atoms with Crippen LogP contribution in [0.15, 0.2) is 22.7 Å². The molecule has 0 aliphatic carbocycles. The van der Waals surface area contributed by atoms with Crippen molar-refractivity contribution < 1.29 is 38.2 Å². The van der Waals surface area contributed by atoms with Crippen molar-refractivity contribution in [2.45, 2.75) is 0 Å². The van der Waals surface area contributed by atoms with E-state index in [1.54, 1.807) is 0 Å². The number of hydrogen-bond acceptors (Lipinski definition) is 3. The fourth-order valence-corrected chi connectivity index (χ4v) is 1.18. The average Bonchev–Trinajstić information content (AvgIpc) is 2.03. The second-order valence-corrected chi connectivity index (χ2v) is 2.84. The van der Waals surface area contributed by atoms with E-state index in [1.807, 2.05) is 0 Å². The minimum atomic E-state index is -1.48. The quantitative estimate of drug-likeness (QED) is 0.567. The van der Waals surface area contributed by atoms with Gasteiger partial charge in [-0.2, -0.15) is 0 Å². The van der Waals surface area contributed by atoms with Gasteiger partial charge in [-0.25, -0.2) is 0 Å². The summed E-state index contributed by atoms with van der Waals surface area (Å²) in [5.41, 5.74) is -0.327. The second-order valence-electron chi connectivity index (χ2n) is 1.98. The van der Waals surface area contributed by atoms with Gasteiger partial charge in [0.15, 0.2) is 5.75 Å². The Labute approximate surface area is 94.1 Å². The number of carboxylic acid groups (broad SMARTS) is 1. The first kappa shape index (κ1) is 12.5. The van der Waals surface area contributed by atoms with Gasteiger partial charge in [0.2, 0.25) is 0 Å². The van der Waals surface area contributed by atoms with Gasteiger partial charge in [-0.05, 0) is 28.1 Å². The first-order valence-electron chi connectivity index (χ1n) is 2.95. The predicted octanol–water partition coefficient (Wildman–Crippen LogP) is -1.92. The SMILES string of the molecule is O=C([O-])c1cccc(Br)c1OF.[Li+]. The molecule has 64 valence electrons. The standard InChI is InChI=1S/C7H4BrFO3.Li/c8-5-3-1-2-4(7(10)11)6(5)12-9;/h1-3H,(H,10,11);/q;+1/p-1. The molecule has 0 radical (unpaired) electrons. The molecule has 0 unspecified atom stereocenters. The molecule has 0 aliphatic heterocycles. The Kier molecular flexibility index (Phi) is 5.07. The first-order valence-corrected chi connectivity index (χ1v) is 3.74. The van der Waals surface area contributed by atoms with Gasteiger partial charge < -0.3 is 9.90 Å². The van der Waals surface area contributed by atoms with Gasteiger partial charge in [-0.15, -0.1) is 0 Å². The van der Waals surface area contributed by atoms with E-state index in [-0.39, 0.29) is 34.6 Å². The van der Waals surface area contributed by atoms with Crippen molar-refractivity contribution >= 4 is 21.9 Å². The van der Waals surface area contributed by atoms with Crippen LogP contribution in [0, 0.1) is 0 Å². The molecule has 0 aliphatic rings. The zero-order valence-corrected chi connectivity index (χ0v) is 8.30. The molecule has 0 aromatic heterocycles. The van der Waals surface area contributed by atoms with Gasteiger partial charge >= 0.3 is 18.9 Å². The summed E-state index contributed by atoms with van der Waals surface area (Å²) < 4.78 is 12.0. The molecule has 3 nitrogen and oxygen atoms in total. The molecule has 0 heterocycles. The number of aromatic carboxylic acids is 1. The Bertz CT molecular complexity index is 319. The van der Waals surface area contributed by atoms with Crippen LogP contribution in [0.1, 0.15) is 10.4 Å². The summed E-state index contributed by atoms with van der Waals surface area (Å²) in [6.07, 6.45) is 0. The van der Waals surface area contributed by atoms with Crippen LogP contribution in [0.4, 0.5) is 4.53 Å². The summed E-state index contributed by atoms with van der Waals surface area (Å²) in [5, 5.41) is 10.4. The normalized spacial score (nSPS) is 8.77. The molecule has 1 rings (SSSR count). The van der Waals surface area contributed by atoms with E-state index in [2.05, 4.69) is 20.9 Å². The monoisotopic (exact) mass is 240 g/mol. The van der Waals surface area contributed by atoms with E-state index in [1.165, 1.54) is 18.2 Å². The van der Waals surface area contributed by atoms with Gasteiger partial charge in [0, 0.05) is 10.1 Å². The molecular weight excluding hydrogens is 238 g/mol. The fourth-order valence-electron chi connectivity index (χ4n) is 0.748. The van der Waals surface area contributed by atoms with Crippen molar-refractivity contribution in [1.82, 2.24) is 0 Å². The van der Waals surface area contributed by atoms with Crippen LogP contribution in [-0.4, -0.2) is 5.97 Å². The molecule has 0 saturated heterocycles. The van der Waals surface area contributed by atoms with Gasteiger partial charge in [0.1, 0.15) is 0 Å². The summed E-state index contributed by atoms with van der Waals surface area (Å²) in [6, 6.07) is 4.09. The Balaban J connectivity index is 0.00000144. The third-order valence-corrected chi connectivity index (χ3v) is 1.89. The van der Waals surface area contributed by atoms with Crippen LogP contribution in [0.3, 0.4) is 0 Å². The Morgan fingerprint density at radius 2 is 2.15 bits per heavy atom. The maximum Gasteiger partial charge on any atom is 1.00 e. The largest absolute Gasteiger partial charge is 1.00 e. The Hall–Kier alpha value is -0.503. The van der Waals surface area contributed by atoms with E-state index in [4.69, 9.17) is 0 Å². The van der Waals surface area contributed by atoms with E-state index < -0.39 is 5.97 Å². The number of carboxylic acids is 1. The molecule has 1 aromatic rings. The summed E-state index contributed by atoms with van der Waals surface area (Å²) in [5.74, 6) is -1.86. The number of carbonyl (C=O) groups excluding carboxylic acids is 1. The minimum Gasteiger partial charge on any atom is -0.545 e. The van der Waals surface area contributed by atoms with Crippen LogP contribution in [0.5, 0.6) is 5.75 Å². The predicted molar refractivity (Wildman–Crippen MR) is 40.2 cm³/mol. The van der Waals surface area contributed by atoms with Crippen molar-refractivity contribution in [2.24, 2.45) is 0 Å². The maximum absolute atomic E-state index is 11.8. The number of rotatable bonds is 2. The van der Waals surface area contributed by atoms with Crippen molar-refractivity contribution in [1.29, 1.82) is 0 Å². The number of halogens is 2. The number of para-hydroxylation sites is 1. The molecule has 6 heteroatoms. The Morgan fingerprint density at radius 3 is 2.54 bits per heavy atom. The third-order valence-electron chi connectivity index (χ3n) is 1.26. The topological polar surface area (TPSA) is 49.4 Å². The van der Waals surface area contributed by atoms with Crippen LogP contribution in [0.25, 0.3) is 0 Å². The summed E-state index contributed by atoms with van der Waals surface area (Å²) >= 11 is 2.92. The third kappa shape index (κ3) is 2.73. The maximum atomic E-state index is 11.8. The fraction of sp³-hybridized carbons (Fsp3) is 0. The summed E-state index contributed by atoms with van der Waals surface area (Å²) in [6.45, 7) is 0. The molecule has 0 atom stereocenters. The molecule has 0 spiro atoms. The molecule has 1 aromatic carbocycles. The average molecular weight is 241 g/mol. The van der Waals surface area contributed by atoms with Gasteiger partial charge in [-0.3, -0.25) is 4.94 Å². The van der Waals surface area contributed by atoms with E-state index in [0.717, 1.165) is 0 Å². The summed E-state index contributed by atoms with van der Waals surface area (Å²) in [7, 11) is 0. The van der Waals surface area contributed by atoms with Crippen molar-refractivity contribution in [3.05, 3.63) is 28.2 Å². The van der Waals surface area contributed by atoms with Crippen LogP contribution in [-0.2, 0) is 0 Å². The van der Waals surface area contributed by atoms with Crippen molar-refractivity contribution in [2.75, 3.05) is 0 Å². The number of hydrogen-bond donors (Lipinski definition) is 0. The van der Waals surface area contributed by atoms with Crippen molar-refractivity contribution in [3.8, 4) is 5.75 Å². The molecule has 0 N–H and O–H groups in total.